The van der Waals surface area contributed by atoms with Crippen LogP contribution in [0.5, 0.6) is 11.6 Å². The molecule has 1 N–H and O–H groups in total. The zero-order chi connectivity index (χ0) is 14.5. The van der Waals surface area contributed by atoms with E-state index in [9.17, 15) is 8.78 Å². The van der Waals surface area contributed by atoms with Crippen LogP contribution >= 0.6 is 0 Å². The van der Waals surface area contributed by atoms with Crippen molar-refractivity contribution >= 4 is 0 Å². The topological polar surface area (TPSA) is 34.2 Å². The number of nitrogens with zero attached hydrogens (tertiary/aromatic N) is 1. The van der Waals surface area contributed by atoms with Gasteiger partial charge in [0.05, 0.1) is 0 Å². The molecule has 0 fully saturated rings. The maximum absolute atomic E-state index is 13.6. The van der Waals surface area contributed by atoms with Gasteiger partial charge in [-0.1, -0.05) is 13.0 Å². The molecule has 2 aromatic rings. The summed E-state index contributed by atoms with van der Waals surface area (Å²) in [5.41, 5.74) is 1.73. The molecule has 0 atom stereocenters. The van der Waals surface area contributed by atoms with Crippen molar-refractivity contribution in [2.24, 2.45) is 0 Å². The fourth-order valence-corrected chi connectivity index (χ4v) is 1.81. The van der Waals surface area contributed by atoms with Crippen LogP contribution in [-0.2, 0) is 6.54 Å². The molecule has 20 heavy (non-hydrogen) atoms. The van der Waals surface area contributed by atoms with Crippen LogP contribution in [0, 0.1) is 18.6 Å². The van der Waals surface area contributed by atoms with Crippen LogP contribution < -0.4 is 10.1 Å². The summed E-state index contributed by atoms with van der Waals surface area (Å²) in [4.78, 5) is 4.17. The van der Waals surface area contributed by atoms with Gasteiger partial charge in [0.1, 0.15) is 0 Å². The molecule has 0 saturated heterocycles. The first-order valence-electron chi connectivity index (χ1n) is 6.40. The Morgan fingerprint density at radius 3 is 2.80 bits per heavy atom. The third-order valence-corrected chi connectivity index (χ3v) is 2.70. The van der Waals surface area contributed by atoms with Crippen LogP contribution in [0.3, 0.4) is 0 Å². The molecule has 1 aromatic heterocycles. The Kier molecular flexibility index (Phi) is 4.63. The van der Waals surface area contributed by atoms with Crippen molar-refractivity contribution in [2.45, 2.75) is 20.4 Å². The van der Waals surface area contributed by atoms with Crippen LogP contribution in [-0.4, -0.2) is 11.5 Å². The Bertz CT molecular complexity index is 602. The summed E-state index contributed by atoms with van der Waals surface area (Å²) in [7, 11) is 0. The van der Waals surface area contributed by atoms with Crippen molar-refractivity contribution in [2.75, 3.05) is 6.54 Å². The van der Waals surface area contributed by atoms with E-state index in [2.05, 4.69) is 10.3 Å². The monoisotopic (exact) mass is 278 g/mol. The Balaban J connectivity index is 2.24. The van der Waals surface area contributed by atoms with Gasteiger partial charge in [-0.3, -0.25) is 0 Å². The van der Waals surface area contributed by atoms with Crippen molar-refractivity contribution in [3.8, 4) is 11.6 Å². The summed E-state index contributed by atoms with van der Waals surface area (Å²) in [6, 6.07) is 7.43. The minimum Gasteiger partial charge on any atom is -0.436 e. The predicted molar refractivity (Wildman–Crippen MR) is 72.8 cm³/mol. The molecule has 0 saturated carbocycles. The van der Waals surface area contributed by atoms with Gasteiger partial charge in [-0.05, 0) is 37.2 Å². The summed E-state index contributed by atoms with van der Waals surface area (Å²) in [6.45, 7) is 5.34. The number of aromatic nitrogens is 1. The van der Waals surface area contributed by atoms with Crippen molar-refractivity contribution in [1.29, 1.82) is 0 Å². The lowest BCUT2D eigenvalue weighted by molar-refractivity contribution is 0.404. The molecule has 106 valence electrons. The summed E-state index contributed by atoms with van der Waals surface area (Å²) >= 11 is 0. The molecule has 0 aliphatic rings. The van der Waals surface area contributed by atoms with E-state index in [1.807, 2.05) is 19.9 Å². The largest absolute Gasteiger partial charge is 0.436 e. The van der Waals surface area contributed by atoms with Crippen LogP contribution in [0.1, 0.15) is 18.2 Å². The lowest BCUT2D eigenvalue weighted by Crippen LogP contribution is -2.12. The number of hydrogen-bond donors (Lipinski definition) is 1. The van der Waals surface area contributed by atoms with Gasteiger partial charge >= 0.3 is 0 Å². The van der Waals surface area contributed by atoms with Crippen LogP contribution in [0.15, 0.2) is 30.3 Å². The molecule has 0 bridgehead atoms. The SMILES string of the molecule is CCNCc1cc(C)nc(Oc2cccc(F)c2F)c1. The quantitative estimate of drug-likeness (QED) is 0.908. The molecule has 0 aliphatic carbocycles. The summed E-state index contributed by atoms with van der Waals surface area (Å²) in [5, 5.41) is 3.19. The van der Waals surface area contributed by atoms with Crippen molar-refractivity contribution < 1.29 is 13.5 Å². The Hall–Kier alpha value is -2.01. The fourth-order valence-electron chi connectivity index (χ4n) is 1.81. The van der Waals surface area contributed by atoms with Gasteiger partial charge in [-0.15, -0.1) is 0 Å². The van der Waals surface area contributed by atoms with Crippen LogP contribution in [0.4, 0.5) is 8.78 Å². The highest BCUT2D eigenvalue weighted by Crippen LogP contribution is 2.25. The van der Waals surface area contributed by atoms with Crippen LogP contribution in [0.25, 0.3) is 0 Å². The number of halogens is 2. The van der Waals surface area contributed by atoms with Gasteiger partial charge in [0, 0.05) is 18.3 Å². The van der Waals surface area contributed by atoms with E-state index in [0.29, 0.717) is 6.54 Å². The zero-order valence-electron chi connectivity index (χ0n) is 11.4. The predicted octanol–water partition coefficient (Wildman–Crippen LogP) is 3.57. The average molecular weight is 278 g/mol. The van der Waals surface area contributed by atoms with Gasteiger partial charge in [-0.25, -0.2) is 9.37 Å². The number of ether oxygens (including phenoxy) is 1. The van der Waals surface area contributed by atoms with E-state index >= 15 is 0 Å². The number of pyridine rings is 1. The van der Waals surface area contributed by atoms with Crippen molar-refractivity contribution in [3.05, 3.63) is 53.2 Å². The molecule has 0 radical (unpaired) electrons. The zero-order valence-corrected chi connectivity index (χ0v) is 11.4. The number of aryl methyl sites for hydroxylation is 1. The molecule has 3 nitrogen and oxygen atoms in total. The van der Waals surface area contributed by atoms with E-state index in [1.54, 1.807) is 6.07 Å². The third kappa shape index (κ3) is 3.51. The number of benzene rings is 1. The van der Waals surface area contributed by atoms with E-state index in [-0.39, 0.29) is 11.6 Å². The minimum absolute atomic E-state index is 0.169. The lowest BCUT2D eigenvalue weighted by atomic mass is 10.2. The first kappa shape index (κ1) is 14.4. The third-order valence-electron chi connectivity index (χ3n) is 2.70. The second-order valence-electron chi connectivity index (χ2n) is 4.39. The van der Waals surface area contributed by atoms with E-state index in [1.165, 1.54) is 12.1 Å². The number of nitrogens with one attached hydrogen (secondary N) is 1. The molecule has 0 amide bonds. The van der Waals surface area contributed by atoms with Gasteiger partial charge < -0.3 is 10.1 Å². The molecule has 5 heteroatoms. The van der Waals surface area contributed by atoms with Crippen LogP contribution in [0.2, 0.25) is 0 Å². The van der Waals surface area contributed by atoms with Gasteiger partial charge in [-0.2, -0.15) is 4.39 Å². The van der Waals surface area contributed by atoms with Gasteiger partial charge in [0.2, 0.25) is 11.7 Å². The highest BCUT2D eigenvalue weighted by Gasteiger charge is 2.11. The van der Waals surface area contributed by atoms with Crippen molar-refractivity contribution in [1.82, 2.24) is 10.3 Å². The highest BCUT2D eigenvalue weighted by molar-refractivity contribution is 5.32. The second kappa shape index (κ2) is 6.43. The van der Waals surface area contributed by atoms with E-state index < -0.39 is 11.6 Å². The van der Waals surface area contributed by atoms with E-state index in [4.69, 9.17) is 4.74 Å². The summed E-state index contributed by atoms with van der Waals surface area (Å²) in [6.07, 6.45) is 0. The first-order chi connectivity index (χ1) is 9.60. The molecule has 0 aliphatic heterocycles. The maximum Gasteiger partial charge on any atom is 0.219 e. The maximum atomic E-state index is 13.6. The molecule has 2 rings (SSSR count). The Morgan fingerprint density at radius 2 is 2.05 bits per heavy atom. The molecule has 1 aromatic carbocycles. The summed E-state index contributed by atoms with van der Waals surface area (Å²) in [5.74, 6) is -1.87. The lowest BCUT2D eigenvalue weighted by Gasteiger charge is -2.09. The molecule has 0 spiro atoms. The van der Waals surface area contributed by atoms with Gasteiger partial charge in [0.25, 0.3) is 0 Å². The van der Waals surface area contributed by atoms with Crippen molar-refractivity contribution in [3.63, 3.8) is 0 Å². The fraction of sp³-hybridized carbons (Fsp3) is 0.267. The number of rotatable bonds is 5. The molecular formula is C15H16F2N2O. The second-order valence-corrected chi connectivity index (χ2v) is 4.39. The van der Waals surface area contributed by atoms with Gasteiger partial charge in [0.15, 0.2) is 11.6 Å². The average Bonchev–Trinajstić information content (AvgIpc) is 2.41. The molecule has 0 unspecified atom stereocenters. The Morgan fingerprint density at radius 1 is 1.25 bits per heavy atom. The first-order valence-corrected chi connectivity index (χ1v) is 6.40. The molecule has 1 heterocycles. The Labute approximate surface area is 116 Å². The minimum atomic E-state index is -1.01. The number of hydrogen-bond acceptors (Lipinski definition) is 3. The highest BCUT2D eigenvalue weighted by atomic mass is 19.2. The summed E-state index contributed by atoms with van der Waals surface area (Å²) < 4.78 is 32.0. The smallest absolute Gasteiger partial charge is 0.219 e. The standard InChI is InChI=1S/C15H16F2N2O/c1-3-18-9-11-7-10(2)19-14(8-11)20-13-6-4-5-12(16)15(13)17/h4-8,18H,3,9H2,1-2H3. The van der Waals surface area contributed by atoms with E-state index in [0.717, 1.165) is 23.9 Å². The normalized spacial score (nSPS) is 10.6. The molecular weight excluding hydrogens is 262 g/mol.